The molecule has 0 spiro atoms. The minimum Gasteiger partial charge on any atom is -0.477 e. The van der Waals surface area contributed by atoms with E-state index < -0.39 is 16.8 Å². The number of Topliss-reactive ketones (excluding diaryl/α,β-unsaturated/α-hetero) is 1. The molecule has 1 heterocycles. The van der Waals surface area contributed by atoms with Crippen molar-refractivity contribution in [2.24, 2.45) is 0 Å². The molecule has 0 bridgehead atoms. The van der Waals surface area contributed by atoms with Crippen molar-refractivity contribution in [3.05, 3.63) is 39.6 Å². The van der Waals surface area contributed by atoms with Crippen LogP contribution in [0.5, 0.6) is 5.75 Å². The molecule has 1 N–H and O–H groups in total. The molecule has 0 radical (unpaired) electrons. The van der Waals surface area contributed by atoms with Crippen molar-refractivity contribution in [1.29, 1.82) is 0 Å². The molecule has 92 valence electrons. The second-order valence-electron chi connectivity index (χ2n) is 4.35. The Kier molecular flexibility index (Phi) is 2.41. The van der Waals surface area contributed by atoms with Crippen LogP contribution in [-0.2, 0) is 17.6 Å². The van der Waals surface area contributed by atoms with Gasteiger partial charge in [0.15, 0.2) is 5.03 Å². The van der Waals surface area contributed by atoms with Crippen molar-refractivity contribution in [3.8, 4) is 5.75 Å². The number of carboxylic acids is 1. The largest absolute Gasteiger partial charge is 0.477 e. The van der Waals surface area contributed by atoms with Gasteiger partial charge in [-0.15, -0.1) is 0 Å². The lowest BCUT2D eigenvalue weighted by Crippen LogP contribution is -2.07. The Bertz CT molecular complexity index is 616. The van der Waals surface area contributed by atoms with Crippen LogP contribution in [0.1, 0.15) is 27.9 Å². The highest BCUT2D eigenvalue weighted by Gasteiger charge is 2.33. The van der Waals surface area contributed by atoms with E-state index in [1.54, 1.807) is 6.07 Å². The van der Waals surface area contributed by atoms with E-state index in [4.69, 9.17) is 21.4 Å². The molecule has 1 aromatic rings. The Labute approximate surface area is 108 Å². The zero-order valence-corrected chi connectivity index (χ0v) is 10.1. The highest BCUT2D eigenvalue weighted by Crippen LogP contribution is 2.37. The highest BCUT2D eigenvalue weighted by atomic mass is 35.5. The standard InChI is InChI=1S/C13H9ClO4/c14-10(13(16)17)12-11(15)8-4-6-2-1-3-7(6)5-9(8)18-12/h4-5H,1-3H2,(H,16,17). The fourth-order valence-electron chi connectivity index (χ4n) is 2.38. The van der Waals surface area contributed by atoms with Crippen LogP contribution in [0.4, 0.5) is 0 Å². The van der Waals surface area contributed by atoms with Gasteiger partial charge in [-0.2, -0.15) is 0 Å². The third-order valence-corrected chi connectivity index (χ3v) is 3.58. The van der Waals surface area contributed by atoms with Crippen molar-refractivity contribution < 1.29 is 19.4 Å². The lowest BCUT2D eigenvalue weighted by atomic mass is 10.0. The van der Waals surface area contributed by atoms with Crippen LogP contribution >= 0.6 is 11.6 Å². The Morgan fingerprint density at radius 1 is 1.28 bits per heavy atom. The van der Waals surface area contributed by atoms with Gasteiger partial charge in [0.2, 0.25) is 11.5 Å². The average molecular weight is 265 g/mol. The monoisotopic (exact) mass is 264 g/mol. The van der Waals surface area contributed by atoms with Gasteiger partial charge < -0.3 is 9.84 Å². The number of carbonyl (C=O) groups is 2. The van der Waals surface area contributed by atoms with Crippen LogP contribution in [0.25, 0.3) is 0 Å². The van der Waals surface area contributed by atoms with Crippen LogP contribution in [0, 0.1) is 0 Å². The van der Waals surface area contributed by atoms with E-state index in [2.05, 4.69) is 0 Å². The molecule has 18 heavy (non-hydrogen) atoms. The second-order valence-corrected chi connectivity index (χ2v) is 4.73. The molecule has 3 rings (SSSR count). The van der Waals surface area contributed by atoms with Gasteiger partial charge in [-0.25, -0.2) is 4.79 Å². The summed E-state index contributed by atoms with van der Waals surface area (Å²) in [6, 6.07) is 3.60. The maximum atomic E-state index is 12.0. The number of benzene rings is 1. The van der Waals surface area contributed by atoms with E-state index in [9.17, 15) is 9.59 Å². The van der Waals surface area contributed by atoms with Gasteiger partial charge >= 0.3 is 5.97 Å². The van der Waals surface area contributed by atoms with E-state index in [1.165, 1.54) is 0 Å². The Balaban J connectivity index is 2.11. The third-order valence-electron chi connectivity index (χ3n) is 3.24. The molecule has 0 aromatic heterocycles. The number of allylic oxidation sites excluding steroid dienone is 1. The van der Waals surface area contributed by atoms with Gasteiger partial charge in [-0.3, -0.25) is 4.79 Å². The van der Waals surface area contributed by atoms with Gasteiger partial charge in [0, 0.05) is 0 Å². The molecule has 0 saturated carbocycles. The molecule has 1 aliphatic carbocycles. The topological polar surface area (TPSA) is 63.6 Å². The molecule has 0 amide bonds. The number of ketones is 1. The highest BCUT2D eigenvalue weighted by molar-refractivity contribution is 6.43. The molecule has 2 aliphatic rings. The Morgan fingerprint density at radius 2 is 1.94 bits per heavy atom. The van der Waals surface area contributed by atoms with Gasteiger partial charge in [0.1, 0.15) is 5.75 Å². The number of halogens is 1. The van der Waals surface area contributed by atoms with Crippen molar-refractivity contribution in [2.75, 3.05) is 0 Å². The number of aryl methyl sites for hydroxylation is 2. The number of fused-ring (bicyclic) bond motifs is 2. The summed E-state index contributed by atoms with van der Waals surface area (Å²) in [7, 11) is 0. The number of carboxylic acid groups (broad SMARTS) is 1. The first-order chi connectivity index (χ1) is 8.58. The molecule has 0 atom stereocenters. The Hall–Kier alpha value is -1.81. The number of hydrogen-bond donors (Lipinski definition) is 1. The van der Waals surface area contributed by atoms with Crippen LogP contribution in [0.3, 0.4) is 0 Å². The van der Waals surface area contributed by atoms with Gasteiger partial charge in [-0.1, -0.05) is 11.6 Å². The smallest absolute Gasteiger partial charge is 0.351 e. The molecule has 5 heteroatoms. The normalized spacial score (nSPS) is 19.3. The quantitative estimate of drug-likeness (QED) is 0.791. The molecule has 0 saturated heterocycles. The average Bonchev–Trinajstić information content (AvgIpc) is 2.90. The summed E-state index contributed by atoms with van der Waals surface area (Å²) in [4.78, 5) is 22.8. The van der Waals surface area contributed by atoms with Crippen LogP contribution in [0.2, 0.25) is 0 Å². The van der Waals surface area contributed by atoms with Crippen LogP contribution < -0.4 is 4.74 Å². The first-order valence-corrected chi connectivity index (χ1v) is 5.97. The van der Waals surface area contributed by atoms with Gasteiger partial charge in [-0.05, 0) is 42.5 Å². The summed E-state index contributed by atoms with van der Waals surface area (Å²) in [6.45, 7) is 0. The summed E-state index contributed by atoms with van der Waals surface area (Å²) in [5.41, 5.74) is 2.71. The third kappa shape index (κ3) is 1.53. The van der Waals surface area contributed by atoms with Crippen LogP contribution in [-0.4, -0.2) is 16.9 Å². The number of rotatable bonds is 1. The lowest BCUT2D eigenvalue weighted by molar-refractivity contribution is -0.132. The first kappa shape index (κ1) is 11.3. The minimum atomic E-state index is -1.36. The zero-order valence-electron chi connectivity index (χ0n) is 9.33. The Morgan fingerprint density at radius 3 is 2.61 bits per heavy atom. The van der Waals surface area contributed by atoms with Crippen molar-refractivity contribution in [2.45, 2.75) is 19.3 Å². The molecular weight excluding hydrogens is 256 g/mol. The molecular formula is C13H9ClO4. The predicted molar refractivity (Wildman–Crippen MR) is 63.9 cm³/mol. The van der Waals surface area contributed by atoms with E-state index in [0.29, 0.717) is 11.3 Å². The van der Waals surface area contributed by atoms with Crippen LogP contribution in [0.15, 0.2) is 22.9 Å². The van der Waals surface area contributed by atoms with Crippen molar-refractivity contribution in [1.82, 2.24) is 0 Å². The van der Waals surface area contributed by atoms with E-state index >= 15 is 0 Å². The number of aliphatic carboxylic acids is 1. The van der Waals surface area contributed by atoms with Gasteiger partial charge in [0.05, 0.1) is 5.56 Å². The van der Waals surface area contributed by atoms with Crippen molar-refractivity contribution in [3.63, 3.8) is 0 Å². The van der Waals surface area contributed by atoms with Gasteiger partial charge in [0.25, 0.3) is 0 Å². The van der Waals surface area contributed by atoms with E-state index in [0.717, 1.165) is 30.4 Å². The second kappa shape index (κ2) is 3.85. The number of carbonyl (C=O) groups excluding carboxylic acids is 1. The minimum absolute atomic E-state index is 0.289. The fourth-order valence-corrected chi connectivity index (χ4v) is 2.51. The summed E-state index contributed by atoms with van der Waals surface area (Å²) in [5, 5.41) is 8.21. The van der Waals surface area contributed by atoms with E-state index in [-0.39, 0.29) is 5.76 Å². The molecule has 4 nitrogen and oxygen atoms in total. The maximum Gasteiger partial charge on any atom is 0.351 e. The summed E-state index contributed by atoms with van der Waals surface area (Å²) in [5.74, 6) is -1.69. The predicted octanol–water partition coefficient (Wildman–Crippen LogP) is 2.29. The summed E-state index contributed by atoms with van der Waals surface area (Å²) >= 11 is 5.57. The first-order valence-electron chi connectivity index (χ1n) is 5.59. The maximum absolute atomic E-state index is 12.0. The molecule has 0 fully saturated rings. The number of ether oxygens (including phenoxy) is 1. The molecule has 1 aromatic carbocycles. The summed E-state index contributed by atoms with van der Waals surface area (Å²) < 4.78 is 5.28. The number of hydrogen-bond acceptors (Lipinski definition) is 3. The molecule has 0 unspecified atom stereocenters. The SMILES string of the molecule is O=C(O)C(Cl)=C1Oc2cc3c(cc2C1=O)CCC3. The zero-order chi connectivity index (χ0) is 12.9. The molecule has 1 aliphatic heterocycles. The van der Waals surface area contributed by atoms with E-state index in [1.807, 2.05) is 6.07 Å². The van der Waals surface area contributed by atoms with Crippen molar-refractivity contribution >= 4 is 23.4 Å². The fraction of sp³-hybridized carbons (Fsp3) is 0.231. The summed E-state index contributed by atoms with van der Waals surface area (Å²) in [6.07, 6.45) is 2.98. The lowest BCUT2D eigenvalue weighted by Gasteiger charge is -2.02.